The van der Waals surface area contributed by atoms with Crippen molar-refractivity contribution < 1.29 is 0 Å². The third kappa shape index (κ3) is 2.71. The van der Waals surface area contributed by atoms with E-state index >= 15 is 0 Å². The number of rotatable bonds is 4. The highest BCUT2D eigenvalue weighted by molar-refractivity contribution is 5.21. The zero-order valence-electron chi connectivity index (χ0n) is 10.1. The SMILES string of the molecule is CCCC(C)C(C)(C)c1cc[nH]c(=O)c1. The molecule has 0 aliphatic heterocycles. The van der Waals surface area contributed by atoms with Crippen molar-refractivity contribution in [3.63, 3.8) is 0 Å². The molecule has 0 aromatic carbocycles. The van der Waals surface area contributed by atoms with Crippen LogP contribution in [0.2, 0.25) is 0 Å². The van der Waals surface area contributed by atoms with Crippen LogP contribution >= 0.6 is 0 Å². The van der Waals surface area contributed by atoms with Crippen LogP contribution in [0.15, 0.2) is 23.1 Å². The van der Waals surface area contributed by atoms with E-state index in [1.807, 2.05) is 6.07 Å². The molecule has 2 heteroatoms. The second-order valence-electron chi connectivity index (χ2n) is 4.85. The van der Waals surface area contributed by atoms with Crippen molar-refractivity contribution >= 4 is 0 Å². The van der Waals surface area contributed by atoms with E-state index in [2.05, 4.69) is 32.7 Å². The van der Waals surface area contributed by atoms with E-state index in [1.54, 1.807) is 12.3 Å². The molecule has 0 fully saturated rings. The molecule has 1 rings (SSSR count). The normalized spacial score (nSPS) is 13.9. The smallest absolute Gasteiger partial charge is 0.248 e. The Balaban J connectivity index is 2.99. The Hall–Kier alpha value is -1.05. The van der Waals surface area contributed by atoms with Gasteiger partial charge in [-0.2, -0.15) is 0 Å². The quantitative estimate of drug-likeness (QED) is 0.808. The minimum atomic E-state index is -0.00993. The molecule has 1 atom stereocenters. The van der Waals surface area contributed by atoms with Crippen LogP contribution in [0.25, 0.3) is 0 Å². The second-order valence-corrected chi connectivity index (χ2v) is 4.85. The molecule has 1 aromatic heterocycles. The maximum atomic E-state index is 11.3. The molecule has 15 heavy (non-hydrogen) atoms. The van der Waals surface area contributed by atoms with Crippen LogP contribution in [-0.2, 0) is 5.41 Å². The van der Waals surface area contributed by atoms with Gasteiger partial charge in [0, 0.05) is 12.3 Å². The number of pyridine rings is 1. The molecular weight excluding hydrogens is 186 g/mol. The number of hydrogen-bond donors (Lipinski definition) is 1. The van der Waals surface area contributed by atoms with Gasteiger partial charge in [0.1, 0.15) is 0 Å². The Labute approximate surface area is 91.7 Å². The van der Waals surface area contributed by atoms with Gasteiger partial charge in [0.15, 0.2) is 0 Å². The fourth-order valence-corrected chi connectivity index (χ4v) is 1.92. The van der Waals surface area contributed by atoms with Gasteiger partial charge in [-0.3, -0.25) is 4.79 Å². The first-order valence-corrected chi connectivity index (χ1v) is 5.67. The maximum Gasteiger partial charge on any atom is 0.248 e. The predicted octanol–water partition coefficient (Wildman–Crippen LogP) is 3.09. The summed E-state index contributed by atoms with van der Waals surface area (Å²) < 4.78 is 0. The number of aromatic amines is 1. The number of aromatic nitrogens is 1. The molecule has 0 spiro atoms. The van der Waals surface area contributed by atoms with Crippen LogP contribution in [0.1, 0.15) is 46.1 Å². The Kier molecular flexibility index (Phi) is 3.72. The molecule has 0 saturated heterocycles. The Bertz CT molecular complexity index is 365. The standard InChI is InChI=1S/C13H21NO/c1-5-6-10(2)13(3,4)11-7-8-14-12(15)9-11/h7-10H,5-6H2,1-4H3,(H,14,15). The van der Waals surface area contributed by atoms with Gasteiger partial charge in [-0.1, -0.05) is 40.5 Å². The molecule has 1 N–H and O–H groups in total. The zero-order valence-corrected chi connectivity index (χ0v) is 10.1. The summed E-state index contributed by atoms with van der Waals surface area (Å²) in [6, 6.07) is 3.72. The summed E-state index contributed by atoms with van der Waals surface area (Å²) in [6.07, 6.45) is 4.12. The highest BCUT2D eigenvalue weighted by atomic mass is 16.1. The molecule has 2 nitrogen and oxygen atoms in total. The lowest BCUT2D eigenvalue weighted by Crippen LogP contribution is -2.28. The maximum absolute atomic E-state index is 11.3. The molecule has 0 amide bonds. The monoisotopic (exact) mass is 207 g/mol. The van der Waals surface area contributed by atoms with Gasteiger partial charge in [0.25, 0.3) is 0 Å². The molecule has 0 bridgehead atoms. The number of H-pyrrole nitrogens is 1. The zero-order chi connectivity index (χ0) is 11.5. The van der Waals surface area contributed by atoms with Gasteiger partial charge in [0.2, 0.25) is 5.56 Å². The fraction of sp³-hybridized carbons (Fsp3) is 0.615. The average Bonchev–Trinajstić information content (AvgIpc) is 2.18. The van der Waals surface area contributed by atoms with E-state index in [1.165, 1.54) is 12.8 Å². The Morgan fingerprint density at radius 1 is 1.47 bits per heavy atom. The summed E-state index contributed by atoms with van der Waals surface area (Å²) in [5, 5.41) is 0. The molecule has 0 aliphatic carbocycles. The molecule has 1 aromatic rings. The second kappa shape index (κ2) is 4.65. The van der Waals surface area contributed by atoms with Crippen LogP contribution in [-0.4, -0.2) is 4.98 Å². The number of hydrogen-bond acceptors (Lipinski definition) is 1. The first-order chi connectivity index (χ1) is 6.98. The van der Waals surface area contributed by atoms with Crippen molar-refractivity contribution in [2.75, 3.05) is 0 Å². The predicted molar refractivity (Wildman–Crippen MR) is 64.2 cm³/mol. The molecule has 0 radical (unpaired) electrons. The van der Waals surface area contributed by atoms with Gasteiger partial charge in [-0.05, 0) is 23.0 Å². The van der Waals surface area contributed by atoms with Crippen LogP contribution in [0.3, 0.4) is 0 Å². The van der Waals surface area contributed by atoms with Crippen LogP contribution < -0.4 is 5.56 Å². The van der Waals surface area contributed by atoms with Crippen LogP contribution in [0, 0.1) is 5.92 Å². The Morgan fingerprint density at radius 3 is 2.67 bits per heavy atom. The lowest BCUT2D eigenvalue weighted by Gasteiger charge is -2.32. The van der Waals surface area contributed by atoms with Crippen molar-refractivity contribution in [1.29, 1.82) is 0 Å². The van der Waals surface area contributed by atoms with Crippen molar-refractivity contribution in [2.45, 2.75) is 46.0 Å². The van der Waals surface area contributed by atoms with Crippen LogP contribution in [0.5, 0.6) is 0 Å². The van der Waals surface area contributed by atoms with Crippen molar-refractivity contribution in [3.05, 3.63) is 34.2 Å². The van der Waals surface area contributed by atoms with Crippen molar-refractivity contribution in [1.82, 2.24) is 4.98 Å². The van der Waals surface area contributed by atoms with Gasteiger partial charge in [-0.25, -0.2) is 0 Å². The summed E-state index contributed by atoms with van der Waals surface area (Å²) >= 11 is 0. The third-order valence-corrected chi connectivity index (χ3v) is 3.47. The van der Waals surface area contributed by atoms with Gasteiger partial charge >= 0.3 is 0 Å². The number of nitrogens with one attached hydrogen (secondary N) is 1. The highest BCUT2D eigenvalue weighted by Crippen LogP contribution is 2.33. The first kappa shape index (κ1) is 12.0. The summed E-state index contributed by atoms with van der Waals surface area (Å²) in [7, 11) is 0. The lowest BCUT2D eigenvalue weighted by molar-refractivity contribution is 0.321. The van der Waals surface area contributed by atoms with Crippen molar-refractivity contribution in [3.8, 4) is 0 Å². The van der Waals surface area contributed by atoms with E-state index in [4.69, 9.17) is 0 Å². The minimum absolute atomic E-state index is 0.00993. The molecule has 84 valence electrons. The van der Waals surface area contributed by atoms with E-state index in [0.29, 0.717) is 5.92 Å². The largest absolute Gasteiger partial charge is 0.329 e. The van der Waals surface area contributed by atoms with Gasteiger partial charge in [0.05, 0.1) is 0 Å². The molecule has 0 saturated carbocycles. The summed E-state index contributed by atoms with van der Waals surface area (Å²) in [4.78, 5) is 13.9. The van der Waals surface area contributed by atoms with Crippen LogP contribution in [0.4, 0.5) is 0 Å². The van der Waals surface area contributed by atoms with E-state index in [-0.39, 0.29) is 11.0 Å². The van der Waals surface area contributed by atoms with E-state index in [9.17, 15) is 4.79 Å². The molecule has 1 unspecified atom stereocenters. The van der Waals surface area contributed by atoms with Gasteiger partial charge in [-0.15, -0.1) is 0 Å². The summed E-state index contributed by atoms with van der Waals surface area (Å²) in [5.74, 6) is 0.587. The summed E-state index contributed by atoms with van der Waals surface area (Å²) in [5.41, 5.74) is 1.20. The topological polar surface area (TPSA) is 32.9 Å². The fourth-order valence-electron chi connectivity index (χ4n) is 1.92. The van der Waals surface area contributed by atoms with E-state index in [0.717, 1.165) is 5.56 Å². The molecule has 0 aliphatic rings. The van der Waals surface area contributed by atoms with Gasteiger partial charge < -0.3 is 4.98 Å². The molecular formula is C13H21NO. The molecule has 1 heterocycles. The Morgan fingerprint density at radius 2 is 2.13 bits per heavy atom. The van der Waals surface area contributed by atoms with Crippen molar-refractivity contribution in [2.24, 2.45) is 5.92 Å². The minimum Gasteiger partial charge on any atom is -0.329 e. The lowest BCUT2D eigenvalue weighted by atomic mass is 9.73. The highest BCUT2D eigenvalue weighted by Gasteiger charge is 2.27. The first-order valence-electron chi connectivity index (χ1n) is 5.67. The van der Waals surface area contributed by atoms with E-state index < -0.39 is 0 Å². The third-order valence-electron chi connectivity index (χ3n) is 3.47. The average molecular weight is 207 g/mol. The summed E-state index contributed by atoms with van der Waals surface area (Å²) in [6.45, 7) is 8.87.